The van der Waals surface area contributed by atoms with Gasteiger partial charge in [-0.2, -0.15) is 0 Å². The predicted octanol–water partition coefficient (Wildman–Crippen LogP) is 4.34. The lowest BCUT2D eigenvalue weighted by molar-refractivity contribution is 0.0768. The van der Waals surface area contributed by atoms with Gasteiger partial charge in [-0.3, -0.25) is 5.41 Å². The maximum absolute atomic E-state index is 8.14. The van der Waals surface area contributed by atoms with E-state index in [1.54, 1.807) is 0 Å². The first-order valence-corrected chi connectivity index (χ1v) is 7.06. The Morgan fingerprint density at radius 1 is 1.29 bits per heavy atom. The van der Waals surface area contributed by atoms with E-state index in [2.05, 4.69) is 34.6 Å². The molecule has 0 aromatic heterocycles. The lowest BCUT2D eigenvalue weighted by atomic mass is 9.63. The van der Waals surface area contributed by atoms with Crippen molar-refractivity contribution in [1.29, 1.82) is 5.41 Å². The second-order valence-corrected chi connectivity index (χ2v) is 6.30. The molecule has 1 rings (SSSR count). The van der Waals surface area contributed by atoms with Crippen LogP contribution in [0, 0.1) is 34.5 Å². The maximum atomic E-state index is 8.14. The molecule has 1 N–H and O–H groups in total. The van der Waals surface area contributed by atoms with Crippen molar-refractivity contribution >= 4 is 5.90 Å². The number of ether oxygens (including phenoxy) is 1. The average Bonchev–Trinajstić information content (AvgIpc) is 2.57. The minimum atomic E-state index is 0.223. The Balaban J connectivity index is 2.96. The molecule has 0 heterocycles. The molecule has 1 aliphatic rings. The smallest absolute Gasteiger partial charge is 0.184 e. The highest BCUT2D eigenvalue weighted by atomic mass is 16.5. The molecule has 0 spiro atoms. The van der Waals surface area contributed by atoms with E-state index < -0.39 is 0 Å². The third-order valence-corrected chi connectivity index (χ3v) is 4.98. The second-order valence-electron chi connectivity index (χ2n) is 6.30. The van der Waals surface area contributed by atoms with Crippen molar-refractivity contribution in [3.8, 4) is 0 Å². The fourth-order valence-electron chi connectivity index (χ4n) is 3.78. The molecule has 100 valence electrons. The van der Waals surface area contributed by atoms with Crippen molar-refractivity contribution in [1.82, 2.24) is 0 Å². The lowest BCUT2D eigenvalue weighted by Gasteiger charge is -2.42. The third-order valence-electron chi connectivity index (χ3n) is 4.98. The molecular weight excluding hydrogens is 210 g/mol. The van der Waals surface area contributed by atoms with Crippen molar-refractivity contribution in [2.24, 2.45) is 29.1 Å². The summed E-state index contributed by atoms with van der Waals surface area (Å²) in [6.07, 6.45) is 2.36. The number of hydrogen-bond donors (Lipinski definition) is 1. The highest BCUT2D eigenvalue weighted by Gasteiger charge is 2.51. The fourth-order valence-corrected chi connectivity index (χ4v) is 3.78. The summed E-state index contributed by atoms with van der Waals surface area (Å²) in [4.78, 5) is 0. The molecule has 1 saturated carbocycles. The molecule has 3 atom stereocenters. The summed E-state index contributed by atoms with van der Waals surface area (Å²) in [6, 6.07) is 0. The summed E-state index contributed by atoms with van der Waals surface area (Å²) in [6.45, 7) is 14.2. The number of hydrogen-bond acceptors (Lipinski definition) is 2. The Morgan fingerprint density at radius 3 is 2.29 bits per heavy atom. The average molecular weight is 239 g/mol. The zero-order valence-corrected chi connectivity index (χ0v) is 12.3. The first kappa shape index (κ1) is 14.5. The summed E-state index contributed by atoms with van der Waals surface area (Å²) in [5.41, 5.74) is 0.223. The van der Waals surface area contributed by atoms with E-state index in [1.165, 1.54) is 6.42 Å². The normalized spacial score (nSPS) is 33.4. The van der Waals surface area contributed by atoms with Gasteiger partial charge >= 0.3 is 0 Å². The van der Waals surface area contributed by atoms with E-state index in [9.17, 15) is 0 Å². The van der Waals surface area contributed by atoms with Gasteiger partial charge in [0.2, 0.25) is 0 Å². The summed E-state index contributed by atoms with van der Waals surface area (Å²) >= 11 is 0. The Labute approximate surface area is 107 Å². The molecule has 1 fully saturated rings. The van der Waals surface area contributed by atoms with Crippen LogP contribution in [-0.4, -0.2) is 12.5 Å². The topological polar surface area (TPSA) is 33.1 Å². The zero-order valence-electron chi connectivity index (χ0n) is 12.3. The summed E-state index contributed by atoms with van der Waals surface area (Å²) in [5, 5.41) is 8.14. The van der Waals surface area contributed by atoms with Gasteiger partial charge in [0, 0.05) is 5.92 Å². The molecule has 2 heteroatoms. The molecule has 1 unspecified atom stereocenters. The van der Waals surface area contributed by atoms with Gasteiger partial charge in [-0.05, 0) is 42.9 Å². The van der Waals surface area contributed by atoms with Crippen molar-refractivity contribution in [3.63, 3.8) is 0 Å². The van der Waals surface area contributed by atoms with Crippen LogP contribution in [0.5, 0.6) is 0 Å². The van der Waals surface area contributed by atoms with Gasteiger partial charge in [-0.1, -0.05) is 34.6 Å². The summed E-state index contributed by atoms with van der Waals surface area (Å²) in [5.74, 6) is 2.85. The van der Waals surface area contributed by atoms with Crippen LogP contribution in [0.3, 0.4) is 0 Å². The third kappa shape index (κ3) is 2.51. The van der Waals surface area contributed by atoms with Crippen LogP contribution in [0.2, 0.25) is 0 Å². The van der Waals surface area contributed by atoms with Crippen molar-refractivity contribution < 1.29 is 4.74 Å². The molecule has 0 aromatic carbocycles. The van der Waals surface area contributed by atoms with Crippen LogP contribution in [-0.2, 0) is 4.74 Å². The molecule has 1 aliphatic carbocycles. The van der Waals surface area contributed by atoms with E-state index >= 15 is 0 Å². The van der Waals surface area contributed by atoms with Gasteiger partial charge in [0.05, 0.1) is 6.61 Å². The monoisotopic (exact) mass is 239 g/mol. The molecule has 0 aromatic rings. The van der Waals surface area contributed by atoms with E-state index in [0.29, 0.717) is 36.2 Å². The van der Waals surface area contributed by atoms with Crippen LogP contribution >= 0.6 is 0 Å². The standard InChI is InChI=1S/C15H29NO/c1-7-17-14(16)13-9-8-12(10(2)3)15(13,6)11(4)5/h10-13,16H,7-9H2,1-6H3/t12?,13-,15+/m1/s1. The van der Waals surface area contributed by atoms with E-state index in [-0.39, 0.29) is 5.41 Å². The van der Waals surface area contributed by atoms with Crippen LogP contribution in [0.4, 0.5) is 0 Å². The predicted molar refractivity (Wildman–Crippen MR) is 73.3 cm³/mol. The molecular formula is C15H29NO. The molecule has 0 saturated heterocycles. The van der Waals surface area contributed by atoms with E-state index in [0.717, 1.165) is 6.42 Å². The lowest BCUT2D eigenvalue weighted by Crippen LogP contribution is -2.40. The van der Waals surface area contributed by atoms with Gasteiger partial charge in [-0.25, -0.2) is 0 Å². The Kier molecular flexibility index (Phi) is 4.62. The molecule has 0 aliphatic heterocycles. The molecule has 0 bridgehead atoms. The second kappa shape index (κ2) is 5.41. The van der Waals surface area contributed by atoms with Crippen molar-refractivity contribution in [3.05, 3.63) is 0 Å². The maximum Gasteiger partial charge on any atom is 0.184 e. The minimum absolute atomic E-state index is 0.223. The van der Waals surface area contributed by atoms with E-state index in [1.807, 2.05) is 6.92 Å². The fraction of sp³-hybridized carbons (Fsp3) is 0.933. The first-order valence-electron chi connectivity index (χ1n) is 7.06. The Morgan fingerprint density at radius 2 is 1.88 bits per heavy atom. The van der Waals surface area contributed by atoms with E-state index in [4.69, 9.17) is 10.1 Å². The summed E-state index contributed by atoms with van der Waals surface area (Å²) in [7, 11) is 0. The van der Waals surface area contributed by atoms with Crippen LogP contribution in [0.15, 0.2) is 0 Å². The molecule has 2 nitrogen and oxygen atoms in total. The van der Waals surface area contributed by atoms with Crippen LogP contribution < -0.4 is 0 Å². The van der Waals surface area contributed by atoms with Crippen LogP contribution in [0.1, 0.15) is 54.4 Å². The van der Waals surface area contributed by atoms with Gasteiger partial charge in [0.25, 0.3) is 0 Å². The molecule has 0 radical (unpaired) electrons. The molecule has 0 amide bonds. The number of rotatable bonds is 4. The van der Waals surface area contributed by atoms with Gasteiger partial charge < -0.3 is 4.74 Å². The largest absolute Gasteiger partial charge is 0.481 e. The number of nitrogens with one attached hydrogen (secondary N) is 1. The van der Waals surface area contributed by atoms with Gasteiger partial charge in [0.15, 0.2) is 5.90 Å². The highest BCUT2D eigenvalue weighted by Crippen LogP contribution is 2.55. The molecule has 17 heavy (non-hydrogen) atoms. The van der Waals surface area contributed by atoms with Gasteiger partial charge in [0.1, 0.15) is 0 Å². The van der Waals surface area contributed by atoms with Crippen molar-refractivity contribution in [2.45, 2.75) is 54.4 Å². The summed E-state index contributed by atoms with van der Waals surface area (Å²) < 4.78 is 5.48. The van der Waals surface area contributed by atoms with Gasteiger partial charge in [-0.15, -0.1) is 0 Å². The zero-order chi connectivity index (χ0) is 13.2. The quantitative estimate of drug-likeness (QED) is 0.574. The Bertz CT molecular complexity index is 272. The highest BCUT2D eigenvalue weighted by molar-refractivity contribution is 5.76. The Hall–Kier alpha value is -0.530. The SMILES string of the molecule is CCOC(=N)[C@H]1CCC(C(C)C)[C@]1(C)C(C)C. The van der Waals surface area contributed by atoms with Crippen molar-refractivity contribution in [2.75, 3.05) is 6.61 Å². The first-order chi connectivity index (χ1) is 7.85. The van der Waals surface area contributed by atoms with Crippen LogP contribution in [0.25, 0.3) is 0 Å². The minimum Gasteiger partial charge on any atom is -0.481 e.